The van der Waals surface area contributed by atoms with Crippen molar-refractivity contribution in [3.05, 3.63) is 0 Å². The number of rotatable bonds is 6. The molecule has 14 heavy (non-hydrogen) atoms. The van der Waals surface area contributed by atoms with Gasteiger partial charge >= 0.3 is 6.18 Å². The van der Waals surface area contributed by atoms with Gasteiger partial charge in [0, 0.05) is 0 Å². The second kappa shape index (κ2) is 6.27. The lowest BCUT2D eigenvalue weighted by atomic mass is 9.97. The van der Waals surface area contributed by atoms with Crippen molar-refractivity contribution in [2.45, 2.75) is 52.3 Å². The van der Waals surface area contributed by atoms with Crippen molar-refractivity contribution < 1.29 is 13.2 Å². The third-order valence-electron chi connectivity index (χ3n) is 2.27. The summed E-state index contributed by atoms with van der Waals surface area (Å²) < 4.78 is 37.3. The van der Waals surface area contributed by atoms with Crippen molar-refractivity contribution in [2.24, 2.45) is 5.92 Å². The van der Waals surface area contributed by atoms with E-state index >= 15 is 0 Å². The second-order valence-electron chi connectivity index (χ2n) is 3.78. The van der Waals surface area contributed by atoms with Crippen LogP contribution in [0.4, 0.5) is 13.2 Å². The molecular weight excluding hydrogens is 191 g/mol. The molecule has 0 aromatic rings. The summed E-state index contributed by atoms with van der Waals surface area (Å²) in [6, 6.07) is -1.34. The Balaban J connectivity index is 4.09. The van der Waals surface area contributed by atoms with E-state index in [2.05, 4.69) is 5.32 Å². The van der Waals surface area contributed by atoms with Crippen LogP contribution in [0.2, 0.25) is 0 Å². The zero-order chi connectivity index (χ0) is 11.2. The highest BCUT2D eigenvalue weighted by atomic mass is 19.4. The first kappa shape index (κ1) is 13.8. The Bertz CT molecular complexity index is 145. The molecule has 0 radical (unpaired) electrons. The predicted octanol–water partition coefficient (Wildman–Crippen LogP) is 3.35. The zero-order valence-corrected chi connectivity index (χ0v) is 9.12. The Labute approximate surface area is 84.1 Å². The molecule has 2 unspecified atom stereocenters. The van der Waals surface area contributed by atoms with Gasteiger partial charge in [-0.05, 0) is 18.9 Å². The van der Waals surface area contributed by atoms with E-state index < -0.39 is 12.2 Å². The van der Waals surface area contributed by atoms with E-state index in [0.29, 0.717) is 6.54 Å². The first-order chi connectivity index (χ1) is 6.41. The maximum atomic E-state index is 12.4. The van der Waals surface area contributed by atoms with Crippen molar-refractivity contribution in [1.29, 1.82) is 0 Å². The van der Waals surface area contributed by atoms with Crippen molar-refractivity contribution in [1.82, 2.24) is 5.32 Å². The summed E-state index contributed by atoms with van der Waals surface area (Å²) in [5.74, 6) is 0.130. The first-order valence-corrected chi connectivity index (χ1v) is 5.21. The Morgan fingerprint density at radius 1 is 1.21 bits per heavy atom. The van der Waals surface area contributed by atoms with Crippen molar-refractivity contribution in [2.75, 3.05) is 6.54 Å². The van der Waals surface area contributed by atoms with Crippen LogP contribution in [-0.2, 0) is 0 Å². The van der Waals surface area contributed by atoms with Crippen LogP contribution < -0.4 is 5.32 Å². The summed E-state index contributed by atoms with van der Waals surface area (Å²) in [6.07, 6.45) is -2.13. The molecule has 0 saturated heterocycles. The third kappa shape index (κ3) is 5.47. The largest absolute Gasteiger partial charge is 0.403 e. The fraction of sp³-hybridized carbons (Fsp3) is 1.00. The fourth-order valence-electron chi connectivity index (χ4n) is 1.59. The van der Waals surface area contributed by atoms with Gasteiger partial charge in [0.05, 0.1) is 0 Å². The molecule has 0 amide bonds. The van der Waals surface area contributed by atoms with Gasteiger partial charge in [-0.15, -0.1) is 0 Å². The molecule has 0 saturated carbocycles. The van der Waals surface area contributed by atoms with Crippen LogP contribution >= 0.6 is 0 Å². The lowest BCUT2D eigenvalue weighted by Gasteiger charge is -2.23. The van der Waals surface area contributed by atoms with Gasteiger partial charge in [-0.1, -0.05) is 33.6 Å². The third-order valence-corrected chi connectivity index (χ3v) is 2.27. The smallest absolute Gasteiger partial charge is 0.306 e. The fourth-order valence-corrected chi connectivity index (χ4v) is 1.59. The van der Waals surface area contributed by atoms with E-state index in [1.54, 1.807) is 6.92 Å². The van der Waals surface area contributed by atoms with Crippen LogP contribution in [0.5, 0.6) is 0 Å². The topological polar surface area (TPSA) is 12.0 Å². The molecule has 1 N–H and O–H groups in total. The summed E-state index contributed by atoms with van der Waals surface area (Å²) in [5.41, 5.74) is 0. The molecule has 0 aliphatic rings. The predicted molar refractivity (Wildman–Crippen MR) is 52.2 cm³/mol. The minimum Gasteiger partial charge on any atom is -0.306 e. The van der Waals surface area contributed by atoms with Crippen LogP contribution in [-0.4, -0.2) is 18.8 Å². The molecule has 4 heteroatoms. The normalized spacial score (nSPS) is 16.7. The van der Waals surface area contributed by atoms with E-state index in [1.165, 1.54) is 0 Å². The van der Waals surface area contributed by atoms with E-state index in [9.17, 15) is 13.2 Å². The van der Waals surface area contributed by atoms with Crippen molar-refractivity contribution in [3.63, 3.8) is 0 Å². The highest BCUT2D eigenvalue weighted by Crippen LogP contribution is 2.26. The van der Waals surface area contributed by atoms with E-state index in [-0.39, 0.29) is 12.3 Å². The summed E-state index contributed by atoms with van der Waals surface area (Å²) >= 11 is 0. The van der Waals surface area contributed by atoms with Crippen LogP contribution in [0.15, 0.2) is 0 Å². The Hall–Kier alpha value is -0.250. The molecule has 2 atom stereocenters. The van der Waals surface area contributed by atoms with Crippen LogP contribution in [0.3, 0.4) is 0 Å². The molecule has 0 aliphatic heterocycles. The minimum absolute atomic E-state index is 0.130. The molecule has 0 rings (SSSR count). The molecule has 86 valence electrons. The van der Waals surface area contributed by atoms with Crippen LogP contribution in [0.25, 0.3) is 0 Å². The van der Waals surface area contributed by atoms with Crippen molar-refractivity contribution in [3.8, 4) is 0 Å². The molecule has 0 heterocycles. The zero-order valence-electron chi connectivity index (χ0n) is 9.12. The van der Waals surface area contributed by atoms with E-state index in [4.69, 9.17) is 0 Å². The average molecular weight is 211 g/mol. The van der Waals surface area contributed by atoms with Gasteiger partial charge in [-0.2, -0.15) is 13.2 Å². The van der Waals surface area contributed by atoms with Gasteiger partial charge in [-0.3, -0.25) is 0 Å². The summed E-state index contributed by atoms with van der Waals surface area (Å²) in [5, 5.41) is 2.49. The molecule has 1 nitrogen and oxygen atoms in total. The monoisotopic (exact) mass is 211 g/mol. The van der Waals surface area contributed by atoms with Gasteiger partial charge in [0.1, 0.15) is 6.04 Å². The Morgan fingerprint density at radius 2 is 1.79 bits per heavy atom. The summed E-state index contributed by atoms with van der Waals surface area (Å²) in [4.78, 5) is 0. The van der Waals surface area contributed by atoms with E-state index in [0.717, 1.165) is 12.8 Å². The van der Waals surface area contributed by atoms with E-state index in [1.807, 2.05) is 13.8 Å². The summed E-state index contributed by atoms with van der Waals surface area (Å²) in [6.45, 7) is 5.93. The number of hydrogen-bond acceptors (Lipinski definition) is 1. The molecule has 0 bridgehead atoms. The van der Waals surface area contributed by atoms with Gasteiger partial charge in [0.2, 0.25) is 0 Å². The van der Waals surface area contributed by atoms with Gasteiger partial charge in [-0.25, -0.2) is 0 Å². The number of nitrogens with one attached hydrogen (secondary N) is 1. The van der Waals surface area contributed by atoms with Crippen LogP contribution in [0, 0.1) is 5.92 Å². The lowest BCUT2D eigenvalue weighted by molar-refractivity contribution is -0.159. The summed E-state index contributed by atoms with van der Waals surface area (Å²) in [7, 11) is 0. The average Bonchev–Trinajstić information content (AvgIpc) is 2.02. The van der Waals surface area contributed by atoms with Gasteiger partial charge < -0.3 is 5.32 Å². The highest BCUT2D eigenvalue weighted by Gasteiger charge is 2.39. The Morgan fingerprint density at radius 3 is 2.14 bits per heavy atom. The molecule has 0 spiro atoms. The lowest BCUT2D eigenvalue weighted by Crippen LogP contribution is -2.43. The van der Waals surface area contributed by atoms with Gasteiger partial charge in [0.15, 0.2) is 0 Å². The minimum atomic E-state index is -4.11. The van der Waals surface area contributed by atoms with Gasteiger partial charge in [0.25, 0.3) is 0 Å². The molecule has 0 aromatic heterocycles. The Kier molecular flexibility index (Phi) is 6.16. The van der Waals surface area contributed by atoms with Crippen molar-refractivity contribution >= 4 is 0 Å². The number of halogens is 3. The molecular formula is C10H20F3N. The highest BCUT2D eigenvalue weighted by molar-refractivity contribution is 4.76. The standard InChI is InChI=1S/C10H20F3N/c1-4-6-8(3)7-9(14-5-2)10(11,12)13/h8-9,14H,4-7H2,1-3H3. The quantitative estimate of drug-likeness (QED) is 0.710. The maximum absolute atomic E-state index is 12.4. The molecule has 0 aromatic carbocycles. The SMILES string of the molecule is CCCC(C)CC(NCC)C(F)(F)F. The maximum Gasteiger partial charge on any atom is 0.403 e. The first-order valence-electron chi connectivity index (χ1n) is 5.21. The number of hydrogen-bond donors (Lipinski definition) is 1. The molecule has 0 fully saturated rings. The van der Waals surface area contributed by atoms with Crippen LogP contribution in [0.1, 0.15) is 40.0 Å². The number of alkyl halides is 3. The second-order valence-corrected chi connectivity index (χ2v) is 3.78. The molecule has 0 aliphatic carbocycles.